The molecule has 0 unspecified atom stereocenters. The van der Waals surface area contributed by atoms with Crippen LogP contribution in [0.3, 0.4) is 0 Å². The van der Waals surface area contributed by atoms with Gasteiger partial charge in [-0.15, -0.1) is 12.4 Å². The second-order valence-corrected chi connectivity index (χ2v) is 4.25. The molecule has 0 radical (unpaired) electrons. The van der Waals surface area contributed by atoms with Crippen LogP contribution in [0.4, 0.5) is 4.39 Å². The normalized spacial score (nSPS) is 9.70. The Labute approximate surface area is 125 Å². The number of carbonyl (C=O) groups excluding carboxylic acids is 1. The van der Waals surface area contributed by atoms with Crippen LogP contribution in [0.15, 0.2) is 24.3 Å². The number of amides is 1. The van der Waals surface area contributed by atoms with Gasteiger partial charge >= 0.3 is 0 Å². The van der Waals surface area contributed by atoms with Crippen molar-refractivity contribution in [1.29, 1.82) is 0 Å². The molecule has 0 aliphatic rings. The summed E-state index contributed by atoms with van der Waals surface area (Å²) in [4.78, 5) is 11.3. The predicted molar refractivity (Wildman–Crippen MR) is 79.7 cm³/mol. The fraction of sp³-hybridized carbons (Fsp3) is 0.500. The number of nitrogens with two attached hydrogens (primary N) is 1. The second-order valence-electron chi connectivity index (χ2n) is 4.25. The van der Waals surface area contributed by atoms with Crippen LogP contribution in [0.5, 0.6) is 5.75 Å². The highest BCUT2D eigenvalue weighted by Gasteiger charge is 1.99. The molecule has 0 saturated heterocycles. The highest BCUT2D eigenvalue weighted by atomic mass is 35.5. The molecule has 1 aromatic rings. The summed E-state index contributed by atoms with van der Waals surface area (Å²) in [6.07, 6.45) is 2.91. The van der Waals surface area contributed by atoms with E-state index < -0.39 is 0 Å². The molecule has 0 fully saturated rings. The molecule has 0 aliphatic heterocycles. The van der Waals surface area contributed by atoms with E-state index >= 15 is 0 Å². The Bertz CT molecular complexity index is 374. The SMILES string of the molecule is Cl.NCCCC(=O)NCCCCOc1ccc(F)cc1. The van der Waals surface area contributed by atoms with E-state index in [1.54, 1.807) is 12.1 Å². The summed E-state index contributed by atoms with van der Waals surface area (Å²) in [7, 11) is 0. The topological polar surface area (TPSA) is 64.4 Å². The Balaban J connectivity index is 0.00000361. The van der Waals surface area contributed by atoms with E-state index in [0.717, 1.165) is 19.3 Å². The van der Waals surface area contributed by atoms with E-state index in [4.69, 9.17) is 10.5 Å². The molecule has 0 aromatic heterocycles. The van der Waals surface area contributed by atoms with Crippen molar-refractivity contribution in [3.63, 3.8) is 0 Å². The van der Waals surface area contributed by atoms with Gasteiger partial charge in [-0.25, -0.2) is 4.39 Å². The summed E-state index contributed by atoms with van der Waals surface area (Å²) < 4.78 is 18.1. The van der Waals surface area contributed by atoms with Crippen molar-refractivity contribution in [3.8, 4) is 5.75 Å². The lowest BCUT2D eigenvalue weighted by atomic mass is 10.3. The molecule has 0 saturated carbocycles. The van der Waals surface area contributed by atoms with Gasteiger partial charge in [0.25, 0.3) is 0 Å². The molecule has 6 heteroatoms. The van der Waals surface area contributed by atoms with Crippen molar-refractivity contribution in [1.82, 2.24) is 5.32 Å². The number of carbonyl (C=O) groups is 1. The van der Waals surface area contributed by atoms with E-state index in [0.29, 0.717) is 31.9 Å². The van der Waals surface area contributed by atoms with Gasteiger partial charge in [0, 0.05) is 13.0 Å². The van der Waals surface area contributed by atoms with Crippen LogP contribution < -0.4 is 15.8 Å². The molecule has 114 valence electrons. The molecular weight excluding hydrogens is 283 g/mol. The highest BCUT2D eigenvalue weighted by Crippen LogP contribution is 2.11. The van der Waals surface area contributed by atoms with E-state index in [1.807, 2.05) is 0 Å². The first-order chi connectivity index (χ1) is 9.22. The predicted octanol–water partition coefficient (Wildman–Crippen LogP) is 2.26. The van der Waals surface area contributed by atoms with Crippen molar-refractivity contribution >= 4 is 18.3 Å². The van der Waals surface area contributed by atoms with Crippen molar-refractivity contribution < 1.29 is 13.9 Å². The van der Waals surface area contributed by atoms with E-state index in [1.165, 1.54) is 12.1 Å². The van der Waals surface area contributed by atoms with Crippen LogP contribution in [-0.4, -0.2) is 25.6 Å². The number of hydrogen-bond donors (Lipinski definition) is 2. The van der Waals surface area contributed by atoms with Gasteiger partial charge in [0.05, 0.1) is 6.61 Å². The number of hydrogen-bond acceptors (Lipinski definition) is 3. The van der Waals surface area contributed by atoms with Gasteiger partial charge in [0.2, 0.25) is 5.91 Å². The Hall–Kier alpha value is -1.33. The summed E-state index contributed by atoms with van der Waals surface area (Å²) in [6, 6.07) is 5.94. The minimum absolute atomic E-state index is 0. The lowest BCUT2D eigenvalue weighted by Crippen LogP contribution is -2.25. The van der Waals surface area contributed by atoms with Crippen molar-refractivity contribution in [2.45, 2.75) is 25.7 Å². The van der Waals surface area contributed by atoms with Crippen molar-refractivity contribution in [2.24, 2.45) is 5.73 Å². The molecule has 0 atom stereocenters. The number of rotatable bonds is 9. The fourth-order valence-electron chi connectivity index (χ4n) is 1.53. The zero-order valence-corrected chi connectivity index (χ0v) is 12.3. The standard InChI is InChI=1S/C14H21FN2O2.ClH/c15-12-5-7-13(8-6-12)19-11-2-1-10-17-14(18)4-3-9-16;/h5-8H,1-4,9-11,16H2,(H,17,18);1H. The first-order valence-corrected chi connectivity index (χ1v) is 6.57. The molecule has 1 aromatic carbocycles. The minimum Gasteiger partial charge on any atom is -0.494 e. The lowest BCUT2D eigenvalue weighted by Gasteiger charge is -2.07. The fourth-order valence-corrected chi connectivity index (χ4v) is 1.53. The third-order valence-corrected chi connectivity index (χ3v) is 2.58. The zero-order valence-electron chi connectivity index (χ0n) is 11.4. The highest BCUT2D eigenvalue weighted by molar-refractivity contribution is 5.85. The van der Waals surface area contributed by atoms with Crippen molar-refractivity contribution in [3.05, 3.63) is 30.1 Å². The maximum atomic E-state index is 12.6. The van der Waals surface area contributed by atoms with Gasteiger partial charge in [0.15, 0.2) is 0 Å². The third kappa shape index (κ3) is 8.72. The largest absolute Gasteiger partial charge is 0.494 e. The smallest absolute Gasteiger partial charge is 0.220 e. The number of benzene rings is 1. The van der Waals surface area contributed by atoms with E-state index in [2.05, 4.69) is 5.32 Å². The average molecular weight is 305 g/mol. The summed E-state index contributed by atoms with van der Waals surface area (Å²) in [5.74, 6) is 0.436. The van der Waals surface area contributed by atoms with Crippen LogP contribution in [0.2, 0.25) is 0 Å². The Morgan fingerprint density at radius 1 is 1.20 bits per heavy atom. The van der Waals surface area contributed by atoms with Gasteiger partial charge in [-0.3, -0.25) is 4.79 Å². The van der Waals surface area contributed by atoms with Gasteiger partial charge in [0.1, 0.15) is 11.6 Å². The number of unbranched alkanes of at least 4 members (excludes halogenated alkanes) is 1. The summed E-state index contributed by atoms with van der Waals surface area (Å²) in [6.45, 7) is 1.75. The molecular formula is C14H22ClFN2O2. The van der Waals surface area contributed by atoms with E-state index in [9.17, 15) is 9.18 Å². The summed E-state index contributed by atoms with van der Waals surface area (Å²) in [5, 5.41) is 2.82. The second kappa shape index (κ2) is 11.5. The van der Waals surface area contributed by atoms with Crippen LogP contribution >= 0.6 is 12.4 Å². The maximum Gasteiger partial charge on any atom is 0.220 e. The molecule has 0 bridgehead atoms. The van der Waals surface area contributed by atoms with Crippen LogP contribution in [0.1, 0.15) is 25.7 Å². The third-order valence-electron chi connectivity index (χ3n) is 2.58. The maximum absolute atomic E-state index is 12.6. The van der Waals surface area contributed by atoms with E-state index in [-0.39, 0.29) is 24.1 Å². The van der Waals surface area contributed by atoms with Crippen molar-refractivity contribution in [2.75, 3.05) is 19.7 Å². The number of nitrogens with one attached hydrogen (secondary N) is 1. The average Bonchev–Trinajstić information content (AvgIpc) is 2.42. The van der Waals surface area contributed by atoms with Gasteiger partial charge in [-0.05, 0) is 50.1 Å². The van der Waals surface area contributed by atoms with Gasteiger partial charge < -0.3 is 15.8 Å². The molecule has 1 amide bonds. The van der Waals surface area contributed by atoms with Gasteiger partial charge in [-0.1, -0.05) is 0 Å². The quantitative estimate of drug-likeness (QED) is 0.688. The Morgan fingerprint density at radius 2 is 1.90 bits per heavy atom. The molecule has 0 aliphatic carbocycles. The molecule has 0 heterocycles. The molecule has 3 N–H and O–H groups in total. The summed E-state index contributed by atoms with van der Waals surface area (Å²) in [5.41, 5.74) is 5.32. The monoisotopic (exact) mass is 304 g/mol. The molecule has 1 rings (SSSR count). The Kier molecular flexibility index (Phi) is 10.7. The number of ether oxygens (including phenoxy) is 1. The first kappa shape index (κ1) is 18.7. The molecule has 4 nitrogen and oxygen atoms in total. The van der Waals surface area contributed by atoms with Crippen LogP contribution in [0, 0.1) is 5.82 Å². The lowest BCUT2D eigenvalue weighted by molar-refractivity contribution is -0.121. The molecule has 20 heavy (non-hydrogen) atoms. The Morgan fingerprint density at radius 3 is 2.55 bits per heavy atom. The zero-order chi connectivity index (χ0) is 13.9. The first-order valence-electron chi connectivity index (χ1n) is 6.57. The minimum atomic E-state index is -0.271. The van der Waals surface area contributed by atoms with Gasteiger partial charge in [-0.2, -0.15) is 0 Å². The molecule has 0 spiro atoms. The van der Waals surface area contributed by atoms with Crippen LogP contribution in [-0.2, 0) is 4.79 Å². The number of halogens is 2. The summed E-state index contributed by atoms with van der Waals surface area (Å²) >= 11 is 0. The van der Waals surface area contributed by atoms with Crippen LogP contribution in [0.25, 0.3) is 0 Å².